The Bertz CT molecular complexity index is 301. The highest BCUT2D eigenvalue weighted by Crippen LogP contribution is 2.21. The molecule has 1 aromatic rings. The summed E-state index contributed by atoms with van der Waals surface area (Å²) in [5, 5.41) is 10.0. The van der Waals surface area contributed by atoms with Gasteiger partial charge in [-0.1, -0.05) is 31.2 Å². The highest BCUT2D eigenvalue weighted by atomic mass is 16.5. The van der Waals surface area contributed by atoms with E-state index in [9.17, 15) is 5.11 Å². The zero-order chi connectivity index (χ0) is 11.3. The maximum Gasteiger partial charge on any atom is 0.0944 e. The van der Waals surface area contributed by atoms with Crippen LogP contribution in [0.15, 0.2) is 24.3 Å². The van der Waals surface area contributed by atoms with Crippen molar-refractivity contribution in [3.8, 4) is 0 Å². The first kappa shape index (κ1) is 12.2. The fraction of sp³-hybridized carbons (Fsp3) is 0.500. The molecule has 2 atom stereocenters. The van der Waals surface area contributed by atoms with Gasteiger partial charge < -0.3 is 15.6 Å². The predicted molar refractivity (Wildman–Crippen MR) is 60.4 cm³/mol. The topological polar surface area (TPSA) is 55.5 Å². The second kappa shape index (κ2) is 5.85. The van der Waals surface area contributed by atoms with Crippen LogP contribution in [0.3, 0.4) is 0 Å². The third kappa shape index (κ3) is 3.02. The van der Waals surface area contributed by atoms with Gasteiger partial charge in [-0.25, -0.2) is 0 Å². The molecular formula is C12H19NO2. The fourth-order valence-corrected chi connectivity index (χ4v) is 1.56. The summed E-state index contributed by atoms with van der Waals surface area (Å²) < 4.78 is 5.08. The van der Waals surface area contributed by atoms with E-state index in [0.29, 0.717) is 6.61 Å². The smallest absolute Gasteiger partial charge is 0.0944 e. The van der Waals surface area contributed by atoms with E-state index in [4.69, 9.17) is 10.5 Å². The molecule has 0 saturated carbocycles. The minimum Gasteiger partial charge on any atom is -0.387 e. The van der Waals surface area contributed by atoms with Crippen LogP contribution in [0.1, 0.15) is 30.6 Å². The lowest BCUT2D eigenvalue weighted by Crippen LogP contribution is -2.28. The van der Waals surface area contributed by atoms with Crippen molar-refractivity contribution in [3.63, 3.8) is 0 Å². The predicted octanol–water partition coefficient (Wildman–Crippen LogP) is 1.60. The molecule has 3 N–H and O–H groups in total. The molecule has 1 rings (SSSR count). The lowest BCUT2D eigenvalue weighted by molar-refractivity contribution is 0.136. The van der Waals surface area contributed by atoms with Crippen LogP contribution < -0.4 is 5.73 Å². The van der Waals surface area contributed by atoms with E-state index in [-0.39, 0.29) is 6.04 Å². The maximum atomic E-state index is 10.0. The normalized spacial score (nSPS) is 14.9. The number of hydrogen-bond donors (Lipinski definition) is 2. The SMILES string of the molecule is CCC(N)C(O)c1ccccc1COC. The molecule has 1 aromatic carbocycles. The van der Waals surface area contributed by atoms with E-state index in [1.807, 2.05) is 31.2 Å². The van der Waals surface area contributed by atoms with Crippen LogP contribution in [0.5, 0.6) is 0 Å². The molecule has 0 aliphatic carbocycles. The van der Waals surface area contributed by atoms with Crippen LogP contribution in [0.4, 0.5) is 0 Å². The summed E-state index contributed by atoms with van der Waals surface area (Å²) in [7, 11) is 1.64. The van der Waals surface area contributed by atoms with Gasteiger partial charge in [0.05, 0.1) is 12.7 Å². The monoisotopic (exact) mass is 209 g/mol. The van der Waals surface area contributed by atoms with Gasteiger partial charge in [0.1, 0.15) is 0 Å². The number of nitrogens with two attached hydrogens (primary N) is 1. The van der Waals surface area contributed by atoms with Crippen molar-refractivity contribution in [1.29, 1.82) is 0 Å². The average molecular weight is 209 g/mol. The maximum absolute atomic E-state index is 10.0. The van der Waals surface area contributed by atoms with E-state index in [2.05, 4.69) is 0 Å². The zero-order valence-corrected chi connectivity index (χ0v) is 9.31. The zero-order valence-electron chi connectivity index (χ0n) is 9.31. The molecule has 2 unspecified atom stereocenters. The van der Waals surface area contributed by atoms with Crippen molar-refractivity contribution < 1.29 is 9.84 Å². The van der Waals surface area contributed by atoms with E-state index < -0.39 is 6.10 Å². The molecule has 0 aliphatic rings. The van der Waals surface area contributed by atoms with Crippen LogP contribution in [0.25, 0.3) is 0 Å². The minimum absolute atomic E-state index is 0.219. The Morgan fingerprint density at radius 1 is 1.40 bits per heavy atom. The first-order valence-corrected chi connectivity index (χ1v) is 5.21. The molecule has 3 heteroatoms. The molecule has 3 nitrogen and oxygen atoms in total. The number of ether oxygens (including phenoxy) is 1. The summed E-state index contributed by atoms with van der Waals surface area (Å²) in [6, 6.07) is 7.46. The number of benzene rings is 1. The van der Waals surface area contributed by atoms with Crippen molar-refractivity contribution in [1.82, 2.24) is 0 Å². The van der Waals surface area contributed by atoms with Crippen LogP contribution in [0.2, 0.25) is 0 Å². The average Bonchev–Trinajstić information content (AvgIpc) is 2.28. The Balaban J connectivity index is 2.91. The number of aliphatic hydroxyl groups excluding tert-OH is 1. The molecule has 84 valence electrons. The van der Waals surface area contributed by atoms with Crippen molar-refractivity contribution in [3.05, 3.63) is 35.4 Å². The van der Waals surface area contributed by atoms with Crippen LogP contribution in [-0.2, 0) is 11.3 Å². The number of rotatable bonds is 5. The third-order valence-corrected chi connectivity index (χ3v) is 2.55. The van der Waals surface area contributed by atoms with Gasteiger partial charge in [-0.3, -0.25) is 0 Å². The van der Waals surface area contributed by atoms with E-state index in [0.717, 1.165) is 17.5 Å². The van der Waals surface area contributed by atoms with Gasteiger partial charge in [0.25, 0.3) is 0 Å². The van der Waals surface area contributed by atoms with Crippen molar-refractivity contribution >= 4 is 0 Å². The number of methoxy groups -OCH3 is 1. The van der Waals surface area contributed by atoms with Crippen LogP contribution >= 0.6 is 0 Å². The fourth-order valence-electron chi connectivity index (χ4n) is 1.56. The third-order valence-electron chi connectivity index (χ3n) is 2.55. The first-order chi connectivity index (χ1) is 7.20. The van der Waals surface area contributed by atoms with E-state index in [1.165, 1.54) is 0 Å². The van der Waals surface area contributed by atoms with Crippen molar-refractivity contribution in [2.75, 3.05) is 7.11 Å². The van der Waals surface area contributed by atoms with Gasteiger partial charge in [0.2, 0.25) is 0 Å². The lowest BCUT2D eigenvalue weighted by atomic mass is 9.97. The van der Waals surface area contributed by atoms with Gasteiger partial charge in [0.15, 0.2) is 0 Å². The standard InChI is InChI=1S/C12H19NO2/c1-3-11(13)12(14)10-7-5-4-6-9(10)8-15-2/h4-7,11-12,14H,3,8,13H2,1-2H3. The summed E-state index contributed by atoms with van der Waals surface area (Å²) in [5.74, 6) is 0. The molecule has 0 aliphatic heterocycles. The quantitative estimate of drug-likeness (QED) is 0.774. The number of hydrogen-bond acceptors (Lipinski definition) is 3. The molecule has 0 heterocycles. The summed E-state index contributed by atoms with van der Waals surface area (Å²) in [6.45, 7) is 2.47. The second-order valence-electron chi connectivity index (χ2n) is 3.65. The molecule has 0 aromatic heterocycles. The Morgan fingerprint density at radius 3 is 2.67 bits per heavy atom. The molecule has 0 bridgehead atoms. The summed E-state index contributed by atoms with van der Waals surface area (Å²) >= 11 is 0. The number of aliphatic hydroxyl groups is 1. The Hall–Kier alpha value is -0.900. The minimum atomic E-state index is -0.610. The molecule has 0 radical (unpaired) electrons. The van der Waals surface area contributed by atoms with E-state index >= 15 is 0 Å². The Labute approximate surface area is 90.9 Å². The summed E-state index contributed by atoms with van der Waals surface area (Å²) in [4.78, 5) is 0. The second-order valence-corrected chi connectivity index (χ2v) is 3.65. The molecule has 0 spiro atoms. The van der Waals surface area contributed by atoms with Gasteiger partial charge in [-0.05, 0) is 17.5 Å². The molecule has 0 fully saturated rings. The first-order valence-electron chi connectivity index (χ1n) is 5.21. The highest BCUT2D eigenvalue weighted by molar-refractivity contribution is 5.29. The molecular weight excluding hydrogens is 190 g/mol. The summed E-state index contributed by atoms with van der Waals surface area (Å²) in [6.07, 6.45) is 0.143. The largest absolute Gasteiger partial charge is 0.387 e. The van der Waals surface area contributed by atoms with Gasteiger partial charge in [0, 0.05) is 13.2 Å². The van der Waals surface area contributed by atoms with Gasteiger partial charge in [-0.2, -0.15) is 0 Å². The van der Waals surface area contributed by atoms with Crippen LogP contribution in [-0.4, -0.2) is 18.3 Å². The summed E-state index contributed by atoms with van der Waals surface area (Å²) in [5.41, 5.74) is 7.69. The molecule has 15 heavy (non-hydrogen) atoms. The van der Waals surface area contributed by atoms with Gasteiger partial charge >= 0.3 is 0 Å². The molecule has 0 saturated heterocycles. The van der Waals surface area contributed by atoms with E-state index in [1.54, 1.807) is 7.11 Å². The Morgan fingerprint density at radius 2 is 2.07 bits per heavy atom. The lowest BCUT2D eigenvalue weighted by Gasteiger charge is -2.20. The highest BCUT2D eigenvalue weighted by Gasteiger charge is 2.17. The Kier molecular flexibility index (Phi) is 4.75. The molecule has 0 amide bonds. The van der Waals surface area contributed by atoms with Crippen molar-refractivity contribution in [2.45, 2.75) is 32.1 Å². The van der Waals surface area contributed by atoms with Crippen LogP contribution in [0, 0.1) is 0 Å². The van der Waals surface area contributed by atoms with Crippen molar-refractivity contribution in [2.24, 2.45) is 5.73 Å². The van der Waals surface area contributed by atoms with Gasteiger partial charge in [-0.15, -0.1) is 0 Å².